The molecule has 0 radical (unpaired) electrons. The van der Waals surface area contributed by atoms with Gasteiger partial charge in [0.2, 0.25) is 5.91 Å². The molecule has 0 spiro atoms. The first-order valence-electron chi connectivity index (χ1n) is 8.38. The van der Waals surface area contributed by atoms with Crippen molar-refractivity contribution in [1.82, 2.24) is 0 Å². The molecule has 25 heavy (non-hydrogen) atoms. The Morgan fingerprint density at radius 1 is 1.00 bits per heavy atom. The Balaban J connectivity index is 1.62. The molecular formula is C19H22N2O3S. The molecule has 1 amide bonds. The van der Waals surface area contributed by atoms with E-state index in [1.165, 1.54) is 25.0 Å². The summed E-state index contributed by atoms with van der Waals surface area (Å²) in [6.45, 7) is 4.00. The number of hydrogen-bond acceptors (Lipinski definition) is 4. The van der Waals surface area contributed by atoms with E-state index in [0.29, 0.717) is 5.69 Å². The fourth-order valence-electron chi connectivity index (χ4n) is 2.93. The molecule has 132 valence electrons. The van der Waals surface area contributed by atoms with Crippen LogP contribution in [0.1, 0.15) is 18.4 Å². The molecule has 6 heteroatoms. The van der Waals surface area contributed by atoms with E-state index in [9.17, 15) is 13.2 Å². The number of nitrogens with zero attached hydrogens (tertiary/aromatic N) is 1. The molecule has 0 unspecified atom stereocenters. The lowest BCUT2D eigenvalue weighted by Crippen LogP contribution is -2.23. The van der Waals surface area contributed by atoms with Crippen LogP contribution in [0, 0.1) is 6.92 Å². The van der Waals surface area contributed by atoms with Crippen LogP contribution in [-0.4, -0.2) is 33.2 Å². The van der Waals surface area contributed by atoms with Crippen LogP contribution in [0.15, 0.2) is 53.4 Å². The van der Waals surface area contributed by atoms with Crippen LogP contribution in [0.2, 0.25) is 0 Å². The number of rotatable bonds is 5. The molecule has 1 aliphatic rings. The maximum absolute atomic E-state index is 12.3. The average Bonchev–Trinajstić information content (AvgIpc) is 3.10. The molecule has 0 aromatic heterocycles. The van der Waals surface area contributed by atoms with Gasteiger partial charge < -0.3 is 10.2 Å². The van der Waals surface area contributed by atoms with Crippen LogP contribution in [0.5, 0.6) is 0 Å². The predicted molar refractivity (Wildman–Crippen MR) is 99.8 cm³/mol. The van der Waals surface area contributed by atoms with Gasteiger partial charge in [-0.15, -0.1) is 0 Å². The van der Waals surface area contributed by atoms with Crippen molar-refractivity contribution in [2.24, 2.45) is 0 Å². The number of nitrogens with one attached hydrogen (secondary N) is 1. The van der Waals surface area contributed by atoms with Crippen molar-refractivity contribution in [3.63, 3.8) is 0 Å². The first-order chi connectivity index (χ1) is 11.9. The molecule has 1 heterocycles. The van der Waals surface area contributed by atoms with Crippen molar-refractivity contribution in [3.8, 4) is 0 Å². The van der Waals surface area contributed by atoms with E-state index in [2.05, 4.69) is 10.2 Å². The zero-order valence-corrected chi connectivity index (χ0v) is 15.1. The minimum atomic E-state index is -3.64. The lowest BCUT2D eigenvalue weighted by molar-refractivity contribution is -0.113. The number of carbonyl (C=O) groups excluding carboxylic acids is 1. The van der Waals surface area contributed by atoms with E-state index >= 15 is 0 Å². The third kappa shape index (κ3) is 4.39. The van der Waals surface area contributed by atoms with Gasteiger partial charge in [0.05, 0.1) is 4.90 Å². The second-order valence-electron chi connectivity index (χ2n) is 6.36. The molecule has 0 bridgehead atoms. The van der Waals surface area contributed by atoms with Gasteiger partial charge in [-0.2, -0.15) is 0 Å². The van der Waals surface area contributed by atoms with Gasteiger partial charge in [0.15, 0.2) is 9.84 Å². The first kappa shape index (κ1) is 17.5. The Morgan fingerprint density at radius 2 is 1.60 bits per heavy atom. The van der Waals surface area contributed by atoms with Crippen molar-refractivity contribution in [1.29, 1.82) is 0 Å². The Labute approximate surface area is 148 Å². The van der Waals surface area contributed by atoms with Gasteiger partial charge in [-0.1, -0.05) is 17.7 Å². The summed E-state index contributed by atoms with van der Waals surface area (Å²) in [4.78, 5) is 14.6. The normalized spacial score (nSPS) is 14.5. The van der Waals surface area contributed by atoms with E-state index in [1.54, 1.807) is 12.1 Å². The molecule has 0 atom stereocenters. The van der Waals surface area contributed by atoms with Crippen LogP contribution < -0.4 is 10.2 Å². The Morgan fingerprint density at radius 3 is 2.20 bits per heavy atom. The zero-order valence-electron chi connectivity index (χ0n) is 14.2. The molecule has 1 fully saturated rings. The fraction of sp³-hybridized carbons (Fsp3) is 0.316. The van der Waals surface area contributed by atoms with E-state index < -0.39 is 21.5 Å². The van der Waals surface area contributed by atoms with Crippen LogP contribution in [0.4, 0.5) is 11.4 Å². The second-order valence-corrected chi connectivity index (χ2v) is 8.35. The third-order valence-corrected chi connectivity index (χ3v) is 5.96. The molecule has 3 rings (SSSR count). The summed E-state index contributed by atoms with van der Waals surface area (Å²) in [6.07, 6.45) is 2.41. The average molecular weight is 358 g/mol. The van der Waals surface area contributed by atoms with Crippen molar-refractivity contribution in [2.75, 3.05) is 29.1 Å². The molecule has 1 N–H and O–H groups in total. The molecule has 1 aliphatic heterocycles. The molecule has 5 nitrogen and oxygen atoms in total. The number of hydrogen-bond donors (Lipinski definition) is 1. The lowest BCUT2D eigenvalue weighted by atomic mass is 10.2. The van der Waals surface area contributed by atoms with Gasteiger partial charge in [0.25, 0.3) is 0 Å². The predicted octanol–water partition coefficient (Wildman–Crippen LogP) is 3.01. The summed E-state index contributed by atoms with van der Waals surface area (Å²) in [6, 6.07) is 14.0. The van der Waals surface area contributed by atoms with Crippen LogP contribution in [0.3, 0.4) is 0 Å². The van der Waals surface area contributed by atoms with Crippen molar-refractivity contribution >= 4 is 27.1 Å². The van der Waals surface area contributed by atoms with Gasteiger partial charge in [-0.25, -0.2) is 8.42 Å². The molecule has 2 aromatic rings. The highest BCUT2D eigenvalue weighted by Crippen LogP contribution is 2.22. The second kappa shape index (κ2) is 7.27. The third-order valence-electron chi connectivity index (χ3n) is 4.32. The number of aryl methyl sites for hydroxylation is 1. The quantitative estimate of drug-likeness (QED) is 0.892. The number of sulfone groups is 1. The van der Waals surface area contributed by atoms with Gasteiger partial charge in [-0.05, 0) is 56.2 Å². The van der Waals surface area contributed by atoms with Crippen LogP contribution in [0.25, 0.3) is 0 Å². The zero-order chi connectivity index (χ0) is 17.9. The monoisotopic (exact) mass is 358 g/mol. The molecule has 2 aromatic carbocycles. The highest BCUT2D eigenvalue weighted by Gasteiger charge is 2.19. The summed E-state index contributed by atoms with van der Waals surface area (Å²) in [5.41, 5.74) is 2.70. The molecular weight excluding hydrogens is 336 g/mol. The SMILES string of the molecule is Cc1ccc(S(=O)(=O)CC(=O)Nc2ccc(N3CCCC3)cc2)cc1. The smallest absolute Gasteiger partial charge is 0.239 e. The van der Waals surface area contributed by atoms with Crippen molar-refractivity contribution in [2.45, 2.75) is 24.7 Å². The molecule has 1 saturated heterocycles. The highest BCUT2D eigenvalue weighted by molar-refractivity contribution is 7.92. The Bertz CT molecular complexity index is 837. The maximum atomic E-state index is 12.3. The molecule has 0 aliphatic carbocycles. The minimum Gasteiger partial charge on any atom is -0.372 e. The number of carbonyl (C=O) groups is 1. The van der Waals surface area contributed by atoms with Gasteiger partial charge >= 0.3 is 0 Å². The number of anilines is 2. The van der Waals surface area contributed by atoms with Gasteiger partial charge in [0, 0.05) is 24.5 Å². The standard InChI is InChI=1S/C19H22N2O3S/c1-15-4-10-18(11-5-15)25(23,24)14-19(22)20-16-6-8-17(9-7-16)21-12-2-3-13-21/h4-11H,2-3,12-14H2,1H3,(H,20,22). The lowest BCUT2D eigenvalue weighted by Gasteiger charge is -2.17. The summed E-state index contributed by atoms with van der Waals surface area (Å²) < 4.78 is 24.6. The summed E-state index contributed by atoms with van der Waals surface area (Å²) in [5, 5.41) is 2.66. The minimum absolute atomic E-state index is 0.164. The van der Waals surface area contributed by atoms with E-state index in [0.717, 1.165) is 24.3 Å². The summed E-state index contributed by atoms with van der Waals surface area (Å²) >= 11 is 0. The van der Waals surface area contributed by atoms with Gasteiger partial charge in [-0.3, -0.25) is 4.79 Å². The highest BCUT2D eigenvalue weighted by atomic mass is 32.2. The van der Waals surface area contributed by atoms with Crippen molar-refractivity contribution < 1.29 is 13.2 Å². The Hall–Kier alpha value is -2.34. The number of benzene rings is 2. The van der Waals surface area contributed by atoms with Crippen molar-refractivity contribution in [3.05, 3.63) is 54.1 Å². The first-order valence-corrected chi connectivity index (χ1v) is 10.0. The molecule has 0 saturated carbocycles. The van der Waals surface area contributed by atoms with Gasteiger partial charge in [0.1, 0.15) is 5.75 Å². The topological polar surface area (TPSA) is 66.5 Å². The summed E-state index contributed by atoms with van der Waals surface area (Å²) in [7, 11) is -3.64. The Kier molecular flexibility index (Phi) is 5.08. The van der Waals surface area contributed by atoms with E-state index in [-0.39, 0.29) is 4.90 Å². The van der Waals surface area contributed by atoms with Crippen LogP contribution >= 0.6 is 0 Å². The maximum Gasteiger partial charge on any atom is 0.239 e. The van der Waals surface area contributed by atoms with E-state index in [4.69, 9.17) is 0 Å². The fourth-order valence-corrected chi connectivity index (χ4v) is 4.06. The van der Waals surface area contributed by atoms with E-state index in [1.807, 2.05) is 31.2 Å². The van der Waals surface area contributed by atoms with Crippen LogP contribution in [-0.2, 0) is 14.6 Å². The summed E-state index contributed by atoms with van der Waals surface area (Å²) in [5.74, 6) is -1.10. The number of amides is 1. The largest absolute Gasteiger partial charge is 0.372 e.